The van der Waals surface area contributed by atoms with E-state index in [1.54, 1.807) is 12.3 Å². The fraction of sp³-hybridized carbons (Fsp3) is 0.333. The van der Waals surface area contributed by atoms with Crippen molar-refractivity contribution in [2.75, 3.05) is 11.9 Å². The number of carbonyl (C=O) groups excluding carboxylic acids is 1. The van der Waals surface area contributed by atoms with E-state index < -0.39 is 0 Å². The second-order valence-corrected chi connectivity index (χ2v) is 5.67. The minimum Gasteiger partial charge on any atom is -0.376 e. The number of carbonyl (C=O) groups is 1. The van der Waals surface area contributed by atoms with Gasteiger partial charge in [-0.05, 0) is 30.9 Å². The average molecular weight is 311 g/mol. The summed E-state index contributed by atoms with van der Waals surface area (Å²) in [6.45, 7) is 1.57. The first-order chi connectivity index (χ1) is 11.3. The molecule has 0 bridgehead atoms. The zero-order valence-corrected chi connectivity index (χ0v) is 13.0. The highest BCUT2D eigenvalue weighted by molar-refractivity contribution is 6.01. The zero-order valence-electron chi connectivity index (χ0n) is 13.0. The molecule has 0 radical (unpaired) electrons. The third-order valence-corrected chi connectivity index (χ3v) is 3.79. The lowest BCUT2D eigenvalue weighted by Gasteiger charge is -2.22. The third kappa shape index (κ3) is 4.79. The van der Waals surface area contributed by atoms with Crippen LogP contribution in [0.15, 0.2) is 48.8 Å². The molecule has 23 heavy (non-hydrogen) atoms. The van der Waals surface area contributed by atoms with Crippen LogP contribution in [0.25, 0.3) is 6.08 Å². The van der Waals surface area contributed by atoms with E-state index in [1.165, 1.54) is 12.5 Å². The van der Waals surface area contributed by atoms with Gasteiger partial charge in [0.1, 0.15) is 0 Å². The second-order valence-electron chi connectivity index (χ2n) is 5.67. The van der Waals surface area contributed by atoms with Crippen LogP contribution in [-0.2, 0) is 16.1 Å². The van der Waals surface area contributed by atoms with E-state index in [1.807, 2.05) is 41.2 Å². The lowest BCUT2D eigenvalue weighted by atomic mass is 10.1. The number of nitrogens with zero attached hydrogens (tertiary/aromatic N) is 2. The van der Waals surface area contributed by atoms with Crippen LogP contribution in [0.2, 0.25) is 0 Å². The summed E-state index contributed by atoms with van der Waals surface area (Å²) >= 11 is 0. The van der Waals surface area contributed by atoms with E-state index in [0.29, 0.717) is 5.69 Å². The number of amides is 1. The Kier molecular flexibility index (Phi) is 5.21. The van der Waals surface area contributed by atoms with E-state index in [9.17, 15) is 4.79 Å². The summed E-state index contributed by atoms with van der Waals surface area (Å²) in [6.07, 6.45) is 10.5. The van der Waals surface area contributed by atoms with Crippen LogP contribution in [-0.4, -0.2) is 28.4 Å². The number of anilines is 1. The number of hydrogen-bond donors (Lipinski definition) is 1. The minimum atomic E-state index is -0.165. The monoisotopic (exact) mass is 311 g/mol. The molecule has 120 valence electrons. The van der Waals surface area contributed by atoms with Gasteiger partial charge in [-0.15, -0.1) is 0 Å². The molecule has 1 aliphatic heterocycles. The number of ether oxygens (including phenoxy) is 1. The molecule has 1 fully saturated rings. The molecule has 1 amide bonds. The van der Waals surface area contributed by atoms with Crippen molar-refractivity contribution >= 4 is 17.7 Å². The average Bonchev–Trinajstić information content (AvgIpc) is 3.02. The Morgan fingerprint density at radius 2 is 2.22 bits per heavy atom. The molecule has 0 saturated carbocycles. The molecule has 3 rings (SSSR count). The lowest BCUT2D eigenvalue weighted by molar-refractivity contribution is -0.111. The molecule has 5 nitrogen and oxygen atoms in total. The first kappa shape index (κ1) is 15.5. The van der Waals surface area contributed by atoms with Gasteiger partial charge in [-0.2, -0.15) is 5.10 Å². The molecule has 1 aromatic heterocycles. The summed E-state index contributed by atoms with van der Waals surface area (Å²) in [5, 5.41) is 7.10. The van der Waals surface area contributed by atoms with Gasteiger partial charge < -0.3 is 10.1 Å². The van der Waals surface area contributed by atoms with Crippen molar-refractivity contribution in [2.24, 2.45) is 0 Å². The maximum absolute atomic E-state index is 11.9. The number of rotatable bonds is 5. The number of hydrogen-bond acceptors (Lipinski definition) is 3. The second kappa shape index (κ2) is 7.74. The van der Waals surface area contributed by atoms with Crippen LogP contribution in [0.4, 0.5) is 5.69 Å². The summed E-state index contributed by atoms with van der Waals surface area (Å²) < 4.78 is 7.53. The summed E-state index contributed by atoms with van der Waals surface area (Å²) in [6, 6.07) is 9.73. The summed E-state index contributed by atoms with van der Waals surface area (Å²) in [5.41, 5.74) is 1.69. The van der Waals surface area contributed by atoms with Crippen LogP contribution in [0.1, 0.15) is 24.8 Å². The molecule has 0 spiro atoms. The van der Waals surface area contributed by atoms with Gasteiger partial charge in [0, 0.05) is 18.9 Å². The van der Waals surface area contributed by atoms with E-state index in [4.69, 9.17) is 4.74 Å². The maximum Gasteiger partial charge on any atom is 0.248 e. The molecule has 2 aromatic rings. The fourth-order valence-corrected chi connectivity index (χ4v) is 2.61. The topological polar surface area (TPSA) is 56.2 Å². The SMILES string of the molecule is O=C(/C=C/c1ccccc1)Nc1cnn(C[C@@H]2CCCCO2)c1. The van der Waals surface area contributed by atoms with E-state index >= 15 is 0 Å². The first-order valence-electron chi connectivity index (χ1n) is 7.98. The number of benzene rings is 1. The molecule has 1 atom stereocenters. The molecule has 1 saturated heterocycles. The van der Waals surface area contributed by atoms with E-state index in [-0.39, 0.29) is 12.0 Å². The Hall–Kier alpha value is -2.40. The molecule has 0 aliphatic carbocycles. The lowest BCUT2D eigenvalue weighted by Crippen LogP contribution is -2.24. The van der Waals surface area contributed by atoms with Crippen molar-refractivity contribution in [1.29, 1.82) is 0 Å². The zero-order chi connectivity index (χ0) is 15.9. The molecular weight excluding hydrogens is 290 g/mol. The Morgan fingerprint density at radius 1 is 1.35 bits per heavy atom. The van der Waals surface area contributed by atoms with Crippen molar-refractivity contribution in [2.45, 2.75) is 31.9 Å². The Bertz CT molecular complexity index is 658. The van der Waals surface area contributed by atoms with Crippen molar-refractivity contribution in [3.8, 4) is 0 Å². The van der Waals surface area contributed by atoms with Crippen LogP contribution < -0.4 is 5.32 Å². The molecule has 1 N–H and O–H groups in total. The van der Waals surface area contributed by atoms with Gasteiger partial charge in [-0.25, -0.2) is 0 Å². The molecule has 2 heterocycles. The van der Waals surface area contributed by atoms with Crippen molar-refractivity contribution in [1.82, 2.24) is 9.78 Å². The van der Waals surface area contributed by atoms with Crippen molar-refractivity contribution in [3.63, 3.8) is 0 Å². The summed E-state index contributed by atoms with van der Waals surface area (Å²) in [7, 11) is 0. The minimum absolute atomic E-state index is 0.165. The van der Waals surface area contributed by atoms with Crippen molar-refractivity contribution < 1.29 is 9.53 Å². The van der Waals surface area contributed by atoms with Gasteiger partial charge in [0.25, 0.3) is 0 Å². The van der Waals surface area contributed by atoms with Crippen LogP contribution in [0, 0.1) is 0 Å². The van der Waals surface area contributed by atoms with Gasteiger partial charge in [0.05, 0.1) is 24.5 Å². The molecule has 5 heteroatoms. The highest BCUT2D eigenvalue weighted by Crippen LogP contribution is 2.15. The molecule has 0 unspecified atom stereocenters. The summed E-state index contributed by atoms with van der Waals surface area (Å²) in [5.74, 6) is -0.165. The standard InChI is InChI=1S/C18H21N3O2/c22-18(10-9-15-6-2-1-3-7-15)20-16-12-19-21(13-16)14-17-8-4-5-11-23-17/h1-3,6-7,9-10,12-13,17H,4-5,8,11,14H2,(H,20,22)/b10-9+/t17-/m0/s1. The van der Waals surface area contributed by atoms with Crippen LogP contribution >= 0.6 is 0 Å². The normalized spacial score (nSPS) is 18.2. The number of aromatic nitrogens is 2. The quantitative estimate of drug-likeness (QED) is 0.863. The van der Waals surface area contributed by atoms with Gasteiger partial charge in [0.2, 0.25) is 5.91 Å². The third-order valence-electron chi connectivity index (χ3n) is 3.79. The summed E-state index contributed by atoms with van der Waals surface area (Å²) in [4.78, 5) is 11.9. The molecule has 1 aliphatic rings. The van der Waals surface area contributed by atoms with Crippen LogP contribution in [0.5, 0.6) is 0 Å². The highest BCUT2D eigenvalue weighted by Gasteiger charge is 2.14. The maximum atomic E-state index is 11.9. The fourth-order valence-electron chi connectivity index (χ4n) is 2.61. The Labute approximate surface area is 136 Å². The molecule has 1 aromatic carbocycles. The molecular formula is C18H21N3O2. The first-order valence-corrected chi connectivity index (χ1v) is 7.98. The Balaban J connectivity index is 1.52. The van der Waals surface area contributed by atoms with E-state index in [2.05, 4.69) is 10.4 Å². The predicted octanol–water partition coefficient (Wildman–Crippen LogP) is 3.10. The largest absolute Gasteiger partial charge is 0.376 e. The van der Waals surface area contributed by atoms with E-state index in [0.717, 1.165) is 31.6 Å². The number of nitrogens with one attached hydrogen (secondary N) is 1. The van der Waals surface area contributed by atoms with Crippen LogP contribution in [0.3, 0.4) is 0 Å². The van der Waals surface area contributed by atoms with Gasteiger partial charge in [-0.1, -0.05) is 30.3 Å². The van der Waals surface area contributed by atoms with Crippen molar-refractivity contribution in [3.05, 3.63) is 54.4 Å². The predicted molar refractivity (Wildman–Crippen MR) is 89.9 cm³/mol. The van der Waals surface area contributed by atoms with Gasteiger partial charge >= 0.3 is 0 Å². The highest BCUT2D eigenvalue weighted by atomic mass is 16.5. The van der Waals surface area contributed by atoms with Gasteiger partial charge in [0.15, 0.2) is 0 Å². The van der Waals surface area contributed by atoms with Gasteiger partial charge in [-0.3, -0.25) is 9.48 Å². The smallest absolute Gasteiger partial charge is 0.248 e. The Morgan fingerprint density at radius 3 is 3.00 bits per heavy atom.